The molecule has 3 aromatic rings. The number of benzene rings is 1. The second kappa shape index (κ2) is 7.38. The highest BCUT2D eigenvalue weighted by molar-refractivity contribution is 5.96. The number of amides is 1. The summed E-state index contributed by atoms with van der Waals surface area (Å²) < 4.78 is 1.85. The first kappa shape index (κ1) is 18.7. The van der Waals surface area contributed by atoms with Gasteiger partial charge in [-0.3, -0.25) is 15.0 Å². The van der Waals surface area contributed by atoms with E-state index < -0.39 is 5.97 Å². The third-order valence-electron chi connectivity index (χ3n) is 5.33. The molecule has 0 saturated carbocycles. The van der Waals surface area contributed by atoms with Crippen molar-refractivity contribution in [2.24, 2.45) is 11.7 Å². The van der Waals surface area contributed by atoms with E-state index in [0.29, 0.717) is 42.7 Å². The van der Waals surface area contributed by atoms with E-state index in [9.17, 15) is 9.59 Å². The lowest BCUT2D eigenvalue weighted by Crippen LogP contribution is -2.40. The summed E-state index contributed by atoms with van der Waals surface area (Å²) in [5.74, 6) is -1.25. The van der Waals surface area contributed by atoms with Crippen LogP contribution < -0.4 is 5.73 Å². The number of pyridine rings is 1. The highest BCUT2D eigenvalue weighted by Gasteiger charge is 2.27. The Bertz CT molecular complexity index is 1100. The fourth-order valence-electron chi connectivity index (χ4n) is 3.59. The fraction of sp³-hybridized carbons (Fsp3) is 0.238. The minimum atomic E-state index is -0.792. The number of nitrogens with two attached hydrogens (primary N) is 1. The molecule has 1 saturated heterocycles. The Morgan fingerprint density at radius 1 is 1.10 bits per heavy atom. The zero-order chi connectivity index (χ0) is 20.5. The molecule has 0 bridgehead atoms. The summed E-state index contributed by atoms with van der Waals surface area (Å²) in [5, 5.41) is 16.6. The number of nitrogens with zero attached hydrogens (tertiary/aromatic N) is 3. The number of amidine groups is 1. The Hall–Kier alpha value is -3.68. The smallest absolute Gasteiger partial charge is 0.306 e. The summed E-state index contributed by atoms with van der Waals surface area (Å²) >= 11 is 0. The summed E-state index contributed by atoms with van der Waals surface area (Å²) in [4.78, 5) is 30.2. The van der Waals surface area contributed by atoms with Crippen LogP contribution in [0.15, 0.2) is 48.8 Å². The molecule has 1 fully saturated rings. The summed E-state index contributed by atoms with van der Waals surface area (Å²) in [6, 6.07) is 10.8. The number of likely N-dealkylation sites (tertiary alicyclic amines) is 1. The zero-order valence-electron chi connectivity index (χ0n) is 15.7. The van der Waals surface area contributed by atoms with Crippen molar-refractivity contribution >= 4 is 23.4 Å². The first-order valence-electron chi connectivity index (χ1n) is 9.38. The van der Waals surface area contributed by atoms with Crippen LogP contribution in [0.25, 0.3) is 16.9 Å². The van der Waals surface area contributed by atoms with Crippen molar-refractivity contribution in [3.05, 3.63) is 59.9 Å². The number of hydrogen-bond donors (Lipinski definition) is 3. The number of fused-ring (bicyclic) bond motifs is 1. The Morgan fingerprint density at radius 2 is 1.79 bits per heavy atom. The number of aromatic nitrogens is 2. The largest absolute Gasteiger partial charge is 0.481 e. The maximum atomic E-state index is 12.8. The van der Waals surface area contributed by atoms with Crippen molar-refractivity contribution in [2.45, 2.75) is 12.8 Å². The Balaban J connectivity index is 1.54. The molecule has 4 N–H and O–H groups in total. The number of aliphatic carboxylic acids is 1. The predicted molar refractivity (Wildman–Crippen MR) is 108 cm³/mol. The third kappa shape index (κ3) is 3.69. The Labute approximate surface area is 167 Å². The number of nitrogen functional groups attached to an aromatic ring is 1. The van der Waals surface area contributed by atoms with Crippen LogP contribution >= 0.6 is 0 Å². The monoisotopic (exact) mass is 391 g/mol. The third-order valence-corrected chi connectivity index (χ3v) is 5.33. The molecular formula is C21H21N5O3. The molecule has 0 spiro atoms. The van der Waals surface area contributed by atoms with Crippen LogP contribution in [0.2, 0.25) is 0 Å². The van der Waals surface area contributed by atoms with Crippen LogP contribution in [0.3, 0.4) is 0 Å². The lowest BCUT2D eigenvalue weighted by molar-refractivity contribution is -0.143. The average Bonchev–Trinajstić information content (AvgIpc) is 3.16. The summed E-state index contributed by atoms with van der Waals surface area (Å²) in [5.41, 5.74) is 8.98. The van der Waals surface area contributed by atoms with E-state index in [0.717, 1.165) is 11.3 Å². The van der Waals surface area contributed by atoms with Gasteiger partial charge in [-0.15, -0.1) is 0 Å². The average molecular weight is 391 g/mol. The van der Waals surface area contributed by atoms with Gasteiger partial charge in [-0.2, -0.15) is 0 Å². The lowest BCUT2D eigenvalue weighted by atomic mass is 9.97. The van der Waals surface area contributed by atoms with Gasteiger partial charge in [-0.25, -0.2) is 4.98 Å². The number of carboxylic acids is 1. The molecule has 29 heavy (non-hydrogen) atoms. The van der Waals surface area contributed by atoms with Crippen molar-refractivity contribution in [1.29, 1.82) is 5.41 Å². The van der Waals surface area contributed by atoms with Gasteiger partial charge in [0.25, 0.3) is 5.91 Å². The number of imidazole rings is 1. The molecule has 1 amide bonds. The first-order chi connectivity index (χ1) is 13.9. The fourth-order valence-corrected chi connectivity index (χ4v) is 3.59. The summed E-state index contributed by atoms with van der Waals surface area (Å²) in [6.45, 7) is 0.895. The van der Waals surface area contributed by atoms with Gasteiger partial charge in [0.1, 0.15) is 11.5 Å². The lowest BCUT2D eigenvalue weighted by Gasteiger charge is -2.30. The molecule has 2 aromatic heterocycles. The van der Waals surface area contributed by atoms with E-state index >= 15 is 0 Å². The maximum Gasteiger partial charge on any atom is 0.306 e. The van der Waals surface area contributed by atoms with Gasteiger partial charge in [0, 0.05) is 42.2 Å². The number of rotatable bonds is 4. The molecule has 4 rings (SSSR count). The maximum absolute atomic E-state index is 12.8. The van der Waals surface area contributed by atoms with Gasteiger partial charge < -0.3 is 20.1 Å². The molecule has 148 valence electrons. The summed E-state index contributed by atoms with van der Waals surface area (Å²) in [7, 11) is 0. The van der Waals surface area contributed by atoms with Crippen LogP contribution in [0, 0.1) is 11.3 Å². The van der Waals surface area contributed by atoms with E-state index in [1.807, 2.05) is 22.7 Å². The molecule has 1 aliphatic heterocycles. The van der Waals surface area contributed by atoms with E-state index in [-0.39, 0.29) is 17.7 Å². The van der Waals surface area contributed by atoms with E-state index in [1.54, 1.807) is 35.4 Å². The minimum absolute atomic E-state index is 0.0158. The van der Waals surface area contributed by atoms with Crippen LogP contribution in [-0.4, -0.2) is 50.2 Å². The molecule has 1 aromatic carbocycles. The number of hydrogen-bond acceptors (Lipinski definition) is 4. The van der Waals surface area contributed by atoms with Gasteiger partial charge in [0.05, 0.1) is 11.6 Å². The highest BCUT2D eigenvalue weighted by Crippen LogP contribution is 2.22. The van der Waals surface area contributed by atoms with Gasteiger partial charge in [-0.05, 0) is 25.0 Å². The van der Waals surface area contributed by atoms with Crippen LogP contribution in [0.5, 0.6) is 0 Å². The second-order valence-corrected chi connectivity index (χ2v) is 7.20. The number of carbonyl (C=O) groups excluding carboxylic acids is 1. The molecule has 3 heterocycles. The molecule has 8 nitrogen and oxygen atoms in total. The van der Waals surface area contributed by atoms with Gasteiger partial charge in [0.15, 0.2) is 0 Å². The second-order valence-electron chi connectivity index (χ2n) is 7.20. The molecule has 1 aliphatic rings. The molecule has 0 radical (unpaired) electrons. The van der Waals surface area contributed by atoms with Crippen molar-refractivity contribution < 1.29 is 14.7 Å². The number of nitrogens with one attached hydrogen (secondary N) is 1. The van der Waals surface area contributed by atoms with Crippen LogP contribution in [-0.2, 0) is 4.79 Å². The van der Waals surface area contributed by atoms with Gasteiger partial charge >= 0.3 is 5.97 Å². The minimum Gasteiger partial charge on any atom is -0.481 e. The van der Waals surface area contributed by atoms with Gasteiger partial charge in [0.2, 0.25) is 0 Å². The van der Waals surface area contributed by atoms with E-state index in [1.165, 1.54) is 0 Å². The molecule has 8 heteroatoms. The van der Waals surface area contributed by atoms with Crippen LogP contribution in [0.1, 0.15) is 28.8 Å². The van der Waals surface area contributed by atoms with Crippen molar-refractivity contribution in [1.82, 2.24) is 14.3 Å². The predicted octanol–water partition coefficient (Wildman–Crippen LogP) is 2.22. The standard InChI is InChI=1S/C21H21N5O3/c22-19(23)14-3-1-13(2-4-14)17-12-26-10-7-16(11-18(26)24-17)20(27)25-8-5-15(6-9-25)21(28)29/h1-4,7,10-12,15H,5-6,8-9H2,(H3,22,23)(H,28,29). The summed E-state index contributed by atoms with van der Waals surface area (Å²) in [6.07, 6.45) is 4.64. The number of carbonyl (C=O) groups is 2. The number of piperidine rings is 1. The van der Waals surface area contributed by atoms with Crippen molar-refractivity contribution in [3.8, 4) is 11.3 Å². The van der Waals surface area contributed by atoms with Crippen LogP contribution in [0.4, 0.5) is 0 Å². The molecule has 0 aliphatic carbocycles. The SMILES string of the molecule is N=C(N)c1ccc(-c2cn3ccc(C(=O)N4CCC(C(=O)O)CC4)cc3n2)cc1. The van der Waals surface area contributed by atoms with Crippen molar-refractivity contribution in [2.75, 3.05) is 13.1 Å². The quantitative estimate of drug-likeness (QED) is 0.465. The van der Waals surface area contributed by atoms with Crippen molar-refractivity contribution in [3.63, 3.8) is 0 Å². The Kier molecular flexibility index (Phi) is 4.75. The molecular weight excluding hydrogens is 370 g/mol. The molecule has 0 unspecified atom stereocenters. The molecule has 0 atom stereocenters. The van der Waals surface area contributed by atoms with E-state index in [2.05, 4.69) is 4.98 Å². The normalized spacial score (nSPS) is 14.8. The Morgan fingerprint density at radius 3 is 2.41 bits per heavy atom. The topological polar surface area (TPSA) is 125 Å². The van der Waals surface area contributed by atoms with E-state index in [4.69, 9.17) is 16.2 Å². The number of carboxylic acid groups (broad SMARTS) is 1. The zero-order valence-corrected chi connectivity index (χ0v) is 15.7. The first-order valence-corrected chi connectivity index (χ1v) is 9.38. The highest BCUT2D eigenvalue weighted by atomic mass is 16.4. The van der Waals surface area contributed by atoms with Gasteiger partial charge in [-0.1, -0.05) is 24.3 Å².